The van der Waals surface area contributed by atoms with E-state index < -0.39 is 56.5 Å². The molecule has 7 rings (SSSR count). The molecule has 4 aliphatic carbocycles. The Morgan fingerprint density at radius 1 is 1.04 bits per heavy atom. The largest absolute Gasteiger partial charge is 0.490 e. The predicted molar refractivity (Wildman–Crippen MR) is 173 cm³/mol. The summed E-state index contributed by atoms with van der Waals surface area (Å²) in [4.78, 5) is 46.7. The van der Waals surface area contributed by atoms with Gasteiger partial charge in [-0.3, -0.25) is 24.5 Å². The minimum atomic E-state index is -3.83. The van der Waals surface area contributed by atoms with Gasteiger partial charge in [0.1, 0.15) is 29.7 Å². The second-order valence-corrected chi connectivity index (χ2v) is 14.7. The molecule has 1 aliphatic heterocycles. The Hall–Kier alpha value is -4.49. The lowest BCUT2D eigenvalue weighted by Crippen LogP contribution is -2.54. The van der Waals surface area contributed by atoms with Gasteiger partial charge in [0.2, 0.25) is 21.8 Å². The number of benzene rings is 2. The molecule has 47 heavy (non-hydrogen) atoms. The molecule has 4 bridgehead atoms. The van der Waals surface area contributed by atoms with Gasteiger partial charge < -0.3 is 14.9 Å². The summed E-state index contributed by atoms with van der Waals surface area (Å²) in [7, 11) is -3.83. The van der Waals surface area contributed by atoms with Gasteiger partial charge >= 0.3 is 0 Å². The Labute approximate surface area is 273 Å². The first-order valence-electron chi connectivity index (χ1n) is 16.0. The fraction of sp³-hybridized carbons (Fsp3) is 0.412. The lowest BCUT2D eigenvalue weighted by atomic mass is 9.94. The molecule has 0 saturated heterocycles. The van der Waals surface area contributed by atoms with Crippen molar-refractivity contribution >= 4 is 33.5 Å². The number of ether oxygens (including phenoxy) is 1. The summed E-state index contributed by atoms with van der Waals surface area (Å²) in [5.74, 6) is -3.09. The zero-order valence-electron chi connectivity index (χ0n) is 25.7. The van der Waals surface area contributed by atoms with Crippen LogP contribution in [-0.2, 0) is 29.2 Å². The first-order chi connectivity index (χ1) is 22.7. The number of hydrogen-bond donors (Lipinski definition) is 4. The summed E-state index contributed by atoms with van der Waals surface area (Å²) in [6.45, 7) is 4.59. The Bertz CT molecular complexity index is 1800. The van der Waals surface area contributed by atoms with Crippen LogP contribution in [-0.4, -0.2) is 61.9 Å². The van der Waals surface area contributed by atoms with E-state index in [-0.39, 0.29) is 25.2 Å². The maximum atomic E-state index is 13.9. The van der Waals surface area contributed by atoms with Gasteiger partial charge in [-0.2, -0.15) is 0 Å². The Morgan fingerprint density at radius 3 is 2.60 bits per heavy atom. The number of amides is 3. The molecule has 5 aliphatic rings. The molecule has 4 N–H and O–H groups in total. The molecule has 0 unspecified atom stereocenters. The smallest absolute Gasteiger partial charge is 0.259 e. The van der Waals surface area contributed by atoms with Crippen LogP contribution in [0.15, 0.2) is 72.4 Å². The summed E-state index contributed by atoms with van der Waals surface area (Å²) in [5, 5.41) is 6.82. The van der Waals surface area contributed by atoms with Crippen molar-refractivity contribution in [2.75, 3.05) is 13.2 Å². The summed E-state index contributed by atoms with van der Waals surface area (Å²) in [5.41, 5.74) is 8.60. The fourth-order valence-electron chi connectivity index (χ4n) is 6.75. The van der Waals surface area contributed by atoms with E-state index in [2.05, 4.69) is 32.6 Å². The van der Waals surface area contributed by atoms with Crippen molar-refractivity contribution in [3.8, 4) is 16.9 Å². The highest BCUT2D eigenvalue weighted by Gasteiger charge is 2.62. The molecule has 1 heterocycles. The van der Waals surface area contributed by atoms with Crippen LogP contribution in [0.4, 0.5) is 0 Å². The van der Waals surface area contributed by atoms with E-state index in [0.717, 1.165) is 22.3 Å². The average molecular weight is 660 g/mol. The lowest BCUT2D eigenvalue weighted by molar-refractivity contribution is -0.136. The minimum Gasteiger partial charge on any atom is -0.490 e. The van der Waals surface area contributed by atoms with Crippen LogP contribution >= 0.6 is 0 Å². The van der Waals surface area contributed by atoms with Crippen molar-refractivity contribution in [1.82, 2.24) is 20.9 Å². The number of nitrogens with one attached hydrogen (secondary N) is 4. The van der Waals surface area contributed by atoms with Crippen molar-refractivity contribution in [2.45, 2.75) is 55.4 Å². The van der Waals surface area contributed by atoms with Crippen molar-refractivity contribution in [1.29, 1.82) is 0 Å². The van der Waals surface area contributed by atoms with Gasteiger partial charge in [0.05, 0.1) is 17.1 Å². The highest BCUT2D eigenvalue weighted by Crippen LogP contribution is 2.46. The quantitative estimate of drug-likeness (QED) is 0.293. The molecular weight excluding hydrogens is 622 g/mol. The number of rotatable bonds is 6. The third-order valence-electron chi connectivity index (χ3n) is 9.61. The third-order valence-corrected chi connectivity index (χ3v) is 11.4. The number of carbonyl (C=O) groups excluding carboxylic acids is 3. The summed E-state index contributed by atoms with van der Waals surface area (Å²) < 4.78 is 33.2. The predicted octanol–water partition coefficient (Wildman–Crippen LogP) is 2.46. The summed E-state index contributed by atoms with van der Waals surface area (Å²) >= 11 is 0. The van der Waals surface area contributed by atoms with Gasteiger partial charge in [-0.05, 0) is 67.9 Å². The second-order valence-electron chi connectivity index (χ2n) is 12.8. The van der Waals surface area contributed by atoms with E-state index in [1.54, 1.807) is 0 Å². The van der Waals surface area contributed by atoms with Crippen molar-refractivity contribution < 1.29 is 32.4 Å². The van der Waals surface area contributed by atoms with Crippen LogP contribution in [0.3, 0.4) is 0 Å². The number of sulfonamides is 1. The SMILES string of the molecule is C=C[C@@H]1C[C@]1(NC(=O)[C@@H]1C[C@@H]2C[C@H]1C(=O)NNCC/C=C/COc1ccc3c(c1)/C(=N\O2)c1ccccc1-3)C(=O)NS(=O)(=O)C1CC1. The lowest BCUT2D eigenvalue weighted by Gasteiger charge is -2.23. The molecule has 2 aromatic rings. The first kappa shape index (κ1) is 31.1. The van der Waals surface area contributed by atoms with Crippen LogP contribution < -0.4 is 25.6 Å². The van der Waals surface area contributed by atoms with E-state index in [9.17, 15) is 22.8 Å². The third kappa shape index (κ3) is 6.05. The molecule has 13 heteroatoms. The molecule has 0 spiro atoms. The number of oxime groups is 1. The number of hydrogen-bond acceptors (Lipinski definition) is 9. The number of hydrazine groups is 1. The highest BCUT2D eigenvalue weighted by molar-refractivity contribution is 7.91. The van der Waals surface area contributed by atoms with Crippen molar-refractivity contribution in [3.05, 3.63) is 78.4 Å². The summed E-state index contributed by atoms with van der Waals surface area (Å²) in [6.07, 6.45) is 7.02. The normalized spacial score (nSPS) is 30.0. The molecule has 5 atom stereocenters. The maximum Gasteiger partial charge on any atom is 0.259 e. The number of carbonyl (C=O) groups is 3. The zero-order chi connectivity index (χ0) is 32.8. The van der Waals surface area contributed by atoms with Crippen LogP contribution in [0, 0.1) is 17.8 Å². The molecular formula is C34H37N5O7S. The van der Waals surface area contributed by atoms with Crippen LogP contribution in [0.5, 0.6) is 5.75 Å². The van der Waals surface area contributed by atoms with E-state index in [4.69, 9.17) is 9.57 Å². The standard InChI is InChI=1S/C34H37N5O7S/c1-2-20-19-34(20,33(42)39-47(43,44)23-11-12-23)36-31(40)28-17-22-18-29(28)32(41)37-35-14-6-3-7-15-45-21-10-13-25-24-8-4-5-9-26(24)30(38-46-22)27(25)16-21/h2-5,7-10,13,16,20,22-23,28-29,35H,1,6,11-12,14-15,17-19H2,(H,36,40)(H,37,41)(H,39,42)/b7-3+,38-30-/t20-,22-,28-,29-,34-/m1/s1. The molecule has 2 aromatic carbocycles. The van der Waals surface area contributed by atoms with Gasteiger partial charge in [0.15, 0.2) is 0 Å². The zero-order valence-corrected chi connectivity index (χ0v) is 26.6. The number of fused-ring (bicyclic) bond motifs is 6. The molecule has 0 aromatic heterocycles. The molecule has 3 fully saturated rings. The van der Waals surface area contributed by atoms with E-state index in [0.29, 0.717) is 43.9 Å². The minimum absolute atomic E-state index is 0.165. The maximum absolute atomic E-state index is 13.9. The Balaban J connectivity index is 1.15. The van der Waals surface area contributed by atoms with Crippen LogP contribution in [0.2, 0.25) is 0 Å². The molecule has 0 radical (unpaired) electrons. The summed E-state index contributed by atoms with van der Waals surface area (Å²) in [6, 6.07) is 13.8. The highest BCUT2D eigenvalue weighted by atomic mass is 32.2. The first-order valence-corrected chi connectivity index (χ1v) is 17.5. The van der Waals surface area contributed by atoms with Gasteiger partial charge in [-0.25, -0.2) is 13.8 Å². The molecule has 3 saturated carbocycles. The average Bonchev–Trinajstić information content (AvgIpc) is 3.97. The van der Waals surface area contributed by atoms with Gasteiger partial charge in [-0.15, -0.1) is 6.58 Å². The molecule has 12 nitrogen and oxygen atoms in total. The van der Waals surface area contributed by atoms with E-state index >= 15 is 0 Å². The van der Waals surface area contributed by atoms with Gasteiger partial charge in [-0.1, -0.05) is 47.6 Å². The van der Waals surface area contributed by atoms with Gasteiger partial charge in [0, 0.05) is 23.6 Å². The Kier molecular flexibility index (Phi) is 8.13. The van der Waals surface area contributed by atoms with E-state index in [1.807, 2.05) is 54.6 Å². The van der Waals surface area contributed by atoms with Crippen molar-refractivity contribution in [2.24, 2.45) is 22.9 Å². The van der Waals surface area contributed by atoms with Crippen molar-refractivity contribution in [3.63, 3.8) is 0 Å². The van der Waals surface area contributed by atoms with E-state index in [1.165, 1.54) is 6.08 Å². The molecule has 246 valence electrons. The van der Waals surface area contributed by atoms with Crippen LogP contribution in [0.1, 0.15) is 49.7 Å². The Morgan fingerprint density at radius 2 is 1.83 bits per heavy atom. The van der Waals surface area contributed by atoms with Crippen LogP contribution in [0.25, 0.3) is 11.1 Å². The topological polar surface area (TPSA) is 164 Å². The molecule has 3 amide bonds. The fourth-order valence-corrected chi connectivity index (χ4v) is 8.12. The van der Waals surface area contributed by atoms with Gasteiger partial charge in [0.25, 0.3) is 5.91 Å². The monoisotopic (exact) mass is 659 g/mol. The number of nitrogens with zero attached hydrogens (tertiary/aromatic N) is 1. The second kappa shape index (κ2) is 12.3.